The third-order valence-corrected chi connectivity index (χ3v) is 14.0. The summed E-state index contributed by atoms with van der Waals surface area (Å²) in [4.78, 5) is 2.41. The minimum atomic E-state index is -0.521. The van der Waals surface area contributed by atoms with Crippen LogP contribution < -0.4 is 4.90 Å². The summed E-state index contributed by atoms with van der Waals surface area (Å²) in [5.41, 5.74) is 19.2. The molecule has 1 heterocycles. The number of hydrogen-bond donors (Lipinski definition) is 0. The van der Waals surface area contributed by atoms with E-state index in [0.717, 1.165) is 55.5 Å². The highest BCUT2D eigenvalue weighted by Crippen LogP contribution is 2.57. The maximum atomic E-state index is 6.61. The third kappa shape index (κ3) is 6.26. The van der Waals surface area contributed by atoms with Crippen LogP contribution in [0, 0.1) is 0 Å². The smallest absolute Gasteiger partial charge is 0.143 e. The highest BCUT2D eigenvalue weighted by atomic mass is 16.3. The lowest BCUT2D eigenvalue weighted by Crippen LogP contribution is -2.28. The Morgan fingerprint density at radius 1 is 0.313 bits per heavy atom. The Labute approximate surface area is 390 Å². The average molecular weight is 854 g/mol. The maximum absolute atomic E-state index is 6.61. The molecule has 0 radical (unpaired) electrons. The van der Waals surface area contributed by atoms with Gasteiger partial charge in [0.25, 0.3) is 0 Å². The largest absolute Gasteiger partial charge is 0.455 e. The molecule has 0 N–H and O–H groups in total. The van der Waals surface area contributed by atoms with Crippen LogP contribution in [0.2, 0.25) is 0 Å². The normalized spacial score (nSPS) is 12.6. The molecule has 67 heavy (non-hydrogen) atoms. The predicted molar refractivity (Wildman–Crippen MR) is 280 cm³/mol. The first-order valence-electron chi connectivity index (χ1n) is 23.1. The van der Waals surface area contributed by atoms with Crippen molar-refractivity contribution in [3.8, 4) is 44.5 Å². The number of fused-ring (bicyclic) bond motifs is 8. The van der Waals surface area contributed by atoms with E-state index in [2.05, 4.69) is 266 Å². The summed E-state index contributed by atoms with van der Waals surface area (Å²) in [7, 11) is 0. The molecule has 0 unspecified atom stereocenters. The molecule has 0 bridgehead atoms. The number of rotatable bonds is 8. The lowest BCUT2D eigenvalue weighted by atomic mass is 9.67. The zero-order chi connectivity index (χ0) is 44.3. The average Bonchev–Trinajstić information content (AvgIpc) is 3.94. The fourth-order valence-electron chi connectivity index (χ4n) is 10.9. The van der Waals surface area contributed by atoms with E-state index in [1.807, 2.05) is 0 Å². The van der Waals surface area contributed by atoms with Gasteiger partial charge in [0.05, 0.1) is 5.41 Å². The highest BCUT2D eigenvalue weighted by Gasteiger charge is 2.46. The number of anilines is 3. The number of furan rings is 1. The van der Waals surface area contributed by atoms with E-state index in [4.69, 9.17) is 4.42 Å². The Morgan fingerprint density at radius 3 is 1.49 bits per heavy atom. The molecule has 1 aromatic heterocycles. The maximum Gasteiger partial charge on any atom is 0.143 e. The molecule has 0 amide bonds. The van der Waals surface area contributed by atoms with Crippen LogP contribution in [-0.2, 0) is 5.41 Å². The Kier molecular flexibility index (Phi) is 9.11. The Bertz CT molecular complexity index is 3720. The first kappa shape index (κ1) is 38.7. The van der Waals surface area contributed by atoms with Gasteiger partial charge < -0.3 is 9.32 Å². The van der Waals surface area contributed by atoms with Crippen LogP contribution in [-0.4, -0.2) is 0 Å². The van der Waals surface area contributed by atoms with Crippen molar-refractivity contribution in [2.45, 2.75) is 5.41 Å². The molecule has 13 rings (SSSR count). The van der Waals surface area contributed by atoms with Crippen molar-refractivity contribution in [1.29, 1.82) is 0 Å². The molecule has 0 saturated heterocycles. The summed E-state index contributed by atoms with van der Waals surface area (Å²) in [5, 5.41) is 4.57. The lowest BCUT2D eigenvalue weighted by molar-refractivity contribution is 0.673. The fraction of sp³-hybridized carbons (Fsp3) is 0.0154. The summed E-state index contributed by atoms with van der Waals surface area (Å²) >= 11 is 0. The predicted octanol–water partition coefficient (Wildman–Crippen LogP) is 17.6. The van der Waals surface area contributed by atoms with Gasteiger partial charge in [-0.05, 0) is 121 Å². The van der Waals surface area contributed by atoms with Gasteiger partial charge in [0, 0.05) is 33.2 Å². The van der Waals surface area contributed by atoms with Crippen LogP contribution in [0.3, 0.4) is 0 Å². The second-order valence-corrected chi connectivity index (χ2v) is 17.6. The van der Waals surface area contributed by atoms with Crippen LogP contribution in [0.4, 0.5) is 17.1 Å². The lowest BCUT2D eigenvalue weighted by Gasteiger charge is -2.35. The quantitative estimate of drug-likeness (QED) is 0.151. The van der Waals surface area contributed by atoms with Gasteiger partial charge in [-0.15, -0.1) is 0 Å². The molecule has 314 valence electrons. The molecule has 0 saturated carbocycles. The van der Waals surface area contributed by atoms with E-state index in [1.54, 1.807) is 0 Å². The topological polar surface area (TPSA) is 16.4 Å². The van der Waals surface area contributed by atoms with E-state index in [0.29, 0.717) is 0 Å². The summed E-state index contributed by atoms with van der Waals surface area (Å²) in [5.74, 6) is 0. The minimum Gasteiger partial charge on any atom is -0.455 e. The van der Waals surface area contributed by atoms with Gasteiger partial charge in [-0.1, -0.05) is 212 Å². The second kappa shape index (κ2) is 15.8. The second-order valence-electron chi connectivity index (χ2n) is 17.6. The first-order valence-corrected chi connectivity index (χ1v) is 23.1. The minimum absolute atomic E-state index is 0.521. The van der Waals surface area contributed by atoms with Gasteiger partial charge in [0.1, 0.15) is 11.2 Å². The van der Waals surface area contributed by atoms with Gasteiger partial charge in [-0.2, -0.15) is 0 Å². The molecular formula is C65H43NO. The van der Waals surface area contributed by atoms with Gasteiger partial charge in [-0.3, -0.25) is 0 Å². The summed E-state index contributed by atoms with van der Waals surface area (Å²) in [6.07, 6.45) is 0. The molecular weight excluding hydrogens is 811 g/mol. The van der Waals surface area contributed by atoms with Crippen molar-refractivity contribution >= 4 is 49.8 Å². The Balaban J connectivity index is 0.966. The number of nitrogens with zero attached hydrogens (tertiary/aromatic N) is 1. The van der Waals surface area contributed by atoms with Crippen molar-refractivity contribution in [1.82, 2.24) is 0 Å². The molecule has 1 aliphatic carbocycles. The molecule has 1 aliphatic rings. The van der Waals surface area contributed by atoms with E-state index < -0.39 is 5.41 Å². The fourth-order valence-corrected chi connectivity index (χ4v) is 10.9. The van der Waals surface area contributed by atoms with E-state index in [-0.39, 0.29) is 0 Å². The Morgan fingerprint density at radius 2 is 0.821 bits per heavy atom. The zero-order valence-corrected chi connectivity index (χ0v) is 36.7. The van der Waals surface area contributed by atoms with Crippen LogP contribution in [0.25, 0.3) is 77.2 Å². The molecule has 0 fully saturated rings. The third-order valence-electron chi connectivity index (χ3n) is 14.0. The molecule has 0 spiro atoms. The van der Waals surface area contributed by atoms with Crippen LogP contribution in [0.15, 0.2) is 265 Å². The van der Waals surface area contributed by atoms with E-state index >= 15 is 0 Å². The molecule has 0 aliphatic heterocycles. The summed E-state index contributed by atoms with van der Waals surface area (Å²) < 4.78 is 6.61. The van der Waals surface area contributed by atoms with Crippen LogP contribution in [0.5, 0.6) is 0 Å². The first-order chi connectivity index (χ1) is 33.2. The van der Waals surface area contributed by atoms with Crippen molar-refractivity contribution in [2.24, 2.45) is 0 Å². The standard InChI is InChI=1S/C65H43NO/c1-4-15-44(16-5-1)45-27-29-46(30-28-45)47-31-36-52(37-32-47)66(53-38-33-49(34-39-53)55-24-14-26-62-63(55)59-41-35-48-17-10-11-22-56(48)64(59)67-62)54-40-42-58-57-23-12-13-25-60(57)65(61(58)43-54,50-18-6-2-7-19-50)51-20-8-3-9-21-51/h1-43H. The monoisotopic (exact) mass is 853 g/mol. The summed E-state index contributed by atoms with van der Waals surface area (Å²) in [6.45, 7) is 0. The van der Waals surface area contributed by atoms with Gasteiger partial charge >= 0.3 is 0 Å². The molecule has 0 atom stereocenters. The van der Waals surface area contributed by atoms with Crippen molar-refractivity contribution < 1.29 is 4.42 Å². The zero-order valence-electron chi connectivity index (χ0n) is 36.7. The molecule has 2 nitrogen and oxygen atoms in total. The number of benzene rings is 11. The van der Waals surface area contributed by atoms with Crippen LogP contribution in [0.1, 0.15) is 22.3 Å². The van der Waals surface area contributed by atoms with Crippen molar-refractivity contribution in [3.05, 3.63) is 283 Å². The van der Waals surface area contributed by atoms with E-state index in [9.17, 15) is 0 Å². The Hall–Kier alpha value is -8.72. The molecule has 12 aromatic rings. The van der Waals surface area contributed by atoms with Crippen LogP contribution >= 0.6 is 0 Å². The highest BCUT2D eigenvalue weighted by molar-refractivity contribution is 6.19. The molecule has 2 heteroatoms. The van der Waals surface area contributed by atoms with Gasteiger partial charge in [-0.25, -0.2) is 0 Å². The van der Waals surface area contributed by atoms with Gasteiger partial charge in [0.15, 0.2) is 0 Å². The van der Waals surface area contributed by atoms with Gasteiger partial charge in [0.2, 0.25) is 0 Å². The molecule has 11 aromatic carbocycles. The van der Waals surface area contributed by atoms with E-state index in [1.165, 1.54) is 61.0 Å². The summed E-state index contributed by atoms with van der Waals surface area (Å²) in [6, 6.07) is 95.0. The van der Waals surface area contributed by atoms with Crippen molar-refractivity contribution in [3.63, 3.8) is 0 Å². The number of hydrogen-bond acceptors (Lipinski definition) is 2. The SMILES string of the molecule is c1ccc(-c2ccc(-c3ccc(N(c4ccc(-c5cccc6oc7c8ccccc8ccc7c56)cc4)c4ccc5c(c4)C(c4ccccc4)(c4ccccc4)c4ccccc4-5)cc3)cc2)cc1. The van der Waals surface area contributed by atoms with Crippen molar-refractivity contribution in [2.75, 3.05) is 4.90 Å².